The van der Waals surface area contributed by atoms with Crippen LogP contribution in [0.5, 0.6) is 0 Å². The van der Waals surface area contributed by atoms with Crippen LogP contribution in [0.3, 0.4) is 0 Å². The normalized spacial score (nSPS) is 15.2. The van der Waals surface area contributed by atoms with E-state index in [-0.39, 0.29) is 12.7 Å². The first-order valence-electron chi connectivity index (χ1n) is 9.94. The summed E-state index contributed by atoms with van der Waals surface area (Å²) in [5.41, 5.74) is 2.00. The number of rotatable bonds is 6. The summed E-state index contributed by atoms with van der Waals surface area (Å²) in [6.07, 6.45) is -0.239. The van der Waals surface area contributed by atoms with Crippen molar-refractivity contribution in [2.24, 2.45) is 0 Å². The summed E-state index contributed by atoms with van der Waals surface area (Å²) in [5.74, 6) is 2.30. The van der Waals surface area contributed by atoms with E-state index in [4.69, 9.17) is 14.1 Å². The standard InChI is InChI=1S/C21H26N4O4/c1-2-28-21(27)24-11-9-23(10-12-24)14-20-22-18-5-3-4-6-19(18)25(20)13-16-7-8-17(15-26)29-16/h3-8,26H,2,9-15H2,1H3. The topological polar surface area (TPSA) is 84.0 Å². The number of amides is 1. The molecule has 1 N–H and O–H groups in total. The first kappa shape index (κ1) is 19.5. The molecule has 1 fully saturated rings. The molecule has 0 spiro atoms. The van der Waals surface area contributed by atoms with Gasteiger partial charge in [-0.15, -0.1) is 0 Å². The number of aliphatic hydroxyl groups excluding tert-OH is 1. The summed E-state index contributed by atoms with van der Waals surface area (Å²) >= 11 is 0. The molecule has 0 atom stereocenters. The predicted molar refractivity (Wildman–Crippen MR) is 107 cm³/mol. The molecular weight excluding hydrogens is 372 g/mol. The van der Waals surface area contributed by atoms with Crippen molar-refractivity contribution in [3.8, 4) is 0 Å². The molecule has 0 bridgehead atoms. The Morgan fingerprint density at radius 1 is 1.10 bits per heavy atom. The molecule has 3 heterocycles. The number of para-hydroxylation sites is 2. The lowest BCUT2D eigenvalue weighted by molar-refractivity contribution is 0.0769. The van der Waals surface area contributed by atoms with Gasteiger partial charge in [0.2, 0.25) is 0 Å². The summed E-state index contributed by atoms with van der Waals surface area (Å²) in [7, 11) is 0. The number of fused-ring (bicyclic) bond motifs is 1. The van der Waals surface area contributed by atoms with E-state index in [0.717, 1.165) is 35.7 Å². The van der Waals surface area contributed by atoms with Gasteiger partial charge < -0.3 is 23.7 Å². The summed E-state index contributed by atoms with van der Waals surface area (Å²) in [4.78, 5) is 20.8. The van der Waals surface area contributed by atoms with Gasteiger partial charge in [0.1, 0.15) is 24.0 Å². The van der Waals surface area contributed by atoms with Crippen LogP contribution >= 0.6 is 0 Å². The fraction of sp³-hybridized carbons (Fsp3) is 0.429. The Bertz CT molecular complexity index is 972. The van der Waals surface area contributed by atoms with Gasteiger partial charge in [0.25, 0.3) is 0 Å². The molecule has 8 nitrogen and oxygen atoms in total. The van der Waals surface area contributed by atoms with Crippen LogP contribution in [-0.4, -0.2) is 63.3 Å². The molecule has 1 aliphatic heterocycles. The minimum absolute atomic E-state index is 0.109. The van der Waals surface area contributed by atoms with E-state index in [9.17, 15) is 9.90 Å². The van der Waals surface area contributed by atoms with Gasteiger partial charge in [-0.05, 0) is 31.2 Å². The number of benzene rings is 1. The van der Waals surface area contributed by atoms with Crippen LogP contribution in [0.25, 0.3) is 11.0 Å². The Hall–Kier alpha value is -2.84. The molecule has 0 radical (unpaired) electrons. The maximum atomic E-state index is 11.9. The lowest BCUT2D eigenvalue weighted by atomic mass is 10.3. The minimum Gasteiger partial charge on any atom is -0.462 e. The molecule has 4 rings (SSSR count). The second-order valence-electron chi connectivity index (χ2n) is 7.09. The summed E-state index contributed by atoms with van der Waals surface area (Å²) in [5, 5.41) is 9.26. The van der Waals surface area contributed by atoms with E-state index >= 15 is 0 Å². The zero-order chi connectivity index (χ0) is 20.2. The number of furan rings is 1. The Balaban J connectivity index is 1.51. The molecule has 29 heavy (non-hydrogen) atoms. The lowest BCUT2D eigenvalue weighted by Crippen LogP contribution is -2.48. The molecule has 3 aromatic rings. The number of nitrogens with zero attached hydrogens (tertiary/aromatic N) is 4. The molecular formula is C21H26N4O4. The monoisotopic (exact) mass is 398 g/mol. The summed E-state index contributed by atoms with van der Waals surface area (Å²) in [6.45, 7) is 6.21. The van der Waals surface area contributed by atoms with Crippen molar-refractivity contribution in [2.45, 2.75) is 26.6 Å². The average Bonchev–Trinajstić information content (AvgIpc) is 3.34. The smallest absolute Gasteiger partial charge is 0.409 e. The Morgan fingerprint density at radius 2 is 1.86 bits per heavy atom. The highest BCUT2D eigenvalue weighted by molar-refractivity contribution is 5.76. The van der Waals surface area contributed by atoms with Gasteiger partial charge in [0.05, 0.1) is 30.7 Å². The van der Waals surface area contributed by atoms with Crippen molar-refractivity contribution in [3.63, 3.8) is 0 Å². The van der Waals surface area contributed by atoms with Gasteiger partial charge >= 0.3 is 6.09 Å². The summed E-state index contributed by atoms with van der Waals surface area (Å²) in [6, 6.07) is 11.7. The Kier molecular flexibility index (Phi) is 5.82. The second-order valence-corrected chi connectivity index (χ2v) is 7.09. The lowest BCUT2D eigenvalue weighted by Gasteiger charge is -2.33. The zero-order valence-electron chi connectivity index (χ0n) is 16.6. The van der Waals surface area contributed by atoms with Gasteiger partial charge in [-0.1, -0.05) is 12.1 Å². The number of ether oxygens (including phenoxy) is 1. The number of piperazine rings is 1. The largest absolute Gasteiger partial charge is 0.462 e. The number of carbonyl (C=O) groups excluding carboxylic acids is 1. The molecule has 1 aliphatic rings. The number of hydrogen-bond acceptors (Lipinski definition) is 6. The number of aromatic nitrogens is 2. The van der Waals surface area contributed by atoms with E-state index < -0.39 is 0 Å². The maximum absolute atomic E-state index is 11.9. The van der Waals surface area contributed by atoms with Crippen LogP contribution in [0.1, 0.15) is 24.3 Å². The zero-order valence-corrected chi connectivity index (χ0v) is 16.6. The van der Waals surface area contributed by atoms with E-state index in [2.05, 4.69) is 15.5 Å². The van der Waals surface area contributed by atoms with Crippen LogP contribution in [-0.2, 0) is 24.4 Å². The fourth-order valence-electron chi connectivity index (χ4n) is 3.67. The first-order chi connectivity index (χ1) is 14.2. The molecule has 2 aromatic heterocycles. The van der Waals surface area contributed by atoms with E-state index in [0.29, 0.717) is 38.5 Å². The maximum Gasteiger partial charge on any atom is 0.409 e. The third-order valence-electron chi connectivity index (χ3n) is 5.18. The molecule has 0 unspecified atom stereocenters. The number of hydrogen-bond donors (Lipinski definition) is 1. The van der Waals surface area contributed by atoms with Crippen LogP contribution in [0.2, 0.25) is 0 Å². The first-order valence-corrected chi connectivity index (χ1v) is 9.94. The van der Waals surface area contributed by atoms with Crippen molar-refractivity contribution in [3.05, 3.63) is 53.7 Å². The van der Waals surface area contributed by atoms with Crippen LogP contribution in [0, 0.1) is 0 Å². The van der Waals surface area contributed by atoms with Crippen molar-refractivity contribution >= 4 is 17.1 Å². The van der Waals surface area contributed by atoms with E-state index in [1.165, 1.54) is 0 Å². The molecule has 1 aromatic carbocycles. The van der Waals surface area contributed by atoms with Gasteiger partial charge in [-0.2, -0.15) is 0 Å². The molecule has 8 heteroatoms. The van der Waals surface area contributed by atoms with Crippen molar-refractivity contribution in [1.82, 2.24) is 19.4 Å². The molecule has 1 saturated heterocycles. The number of carbonyl (C=O) groups is 1. The number of imidazole rings is 1. The Morgan fingerprint density at radius 3 is 2.59 bits per heavy atom. The second kappa shape index (κ2) is 8.67. The fourth-order valence-corrected chi connectivity index (χ4v) is 3.67. The van der Waals surface area contributed by atoms with Gasteiger partial charge in [-0.25, -0.2) is 9.78 Å². The van der Waals surface area contributed by atoms with Crippen molar-refractivity contribution in [2.75, 3.05) is 32.8 Å². The molecule has 0 aliphatic carbocycles. The highest BCUT2D eigenvalue weighted by Crippen LogP contribution is 2.21. The number of aliphatic hydroxyl groups is 1. The van der Waals surface area contributed by atoms with Crippen LogP contribution < -0.4 is 0 Å². The van der Waals surface area contributed by atoms with Gasteiger partial charge in [0.15, 0.2) is 0 Å². The summed E-state index contributed by atoms with van der Waals surface area (Å²) < 4.78 is 12.9. The Labute approximate surface area is 169 Å². The van der Waals surface area contributed by atoms with Gasteiger partial charge in [-0.3, -0.25) is 4.90 Å². The molecule has 1 amide bonds. The third-order valence-corrected chi connectivity index (χ3v) is 5.18. The highest BCUT2D eigenvalue weighted by Gasteiger charge is 2.23. The van der Waals surface area contributed by atoms with E-state index in [1.807, 2.05) is 31.2 Å². The van der Waals surface area contributed by atoms with Crippen molar-refractivity contribution < 1.29 is 19.1 Å². The van der Waals surface area contributed by atoms with Crippen molar-refractivity contribution in [1.29, 1.82) is 0 Å². The van der Waals surface area contributed by atoms with Crippen LogP contribution in [0.15, 0.2) is 40.8 Å². The minimum atomic E-state index is -0.239. The third kappa shape index (κ3) is 4.28. The highest BCUT2D eigenvalue weighted by atomic mass is 16.6. The predicted octanol–water partition coefficient (Wildman–Crippen LogP) is 2.44. The van der Waals surface area contributed by atoms with E-state index in [1.54, 1.807) is 11.0 Å². The molecule has 154 valence electrons. The quantitative estimate of drug-likeness (QED) is 0.687. The SMILES string of the molecule is CCOC(=O)N1CCN(Cc2nc3ccccc3n2Cc2ccc(CO)o2)CC1. The van der Waals surface area contributed by atoms with Crippen LogP contribution in [0.4, 0.5) is 4.79 Å². The molecule has 0 saturated carbocycles. The average molecular weight is 398 g/mol. The van der Waals surface area contributed by atoms with Gasteiger partial charge in [0, 0.05) is 26.2 Å².